The summed E-state index contributed by atoms with van der Waals surface area (Å²) in [7, 11) is 3.55. The Kier molecular flexibility index (Phi) is 7.99. The molecule has 2 aromatic carbocycles. The number of ether oxygens (including phenoxy) is 1. The first-order valence-electron chi connectivity index (χ1n) is 14.4. The molecule has 5 heterocycles. The first kappa shape index (κ1) is 29.0. The van der Waals surface area contributed by atoms with Crippen molar-refractivity contribution in [2.75, 3.05) is 45.2 Å². The van der Waals surface area contributed by atoms with Crippen molar-refractivity contribution in [3.05, 3.63) is 47.4 Å². The number of hydrogen-bond acceptors (Lipinski definition) is 8. The molecule has 0 radical (unpaired) electrons. The zero-order chi connectivity index (χ0) is 30.2. The topological polar surface area (TPSA) is 86.6 Å². The third-order valence-electron chi connectivity index (χ3n) is 8.45. The third-order valence-corrected chi connectivity index (χ3v) is 8.45. The highest BCUT2D eigenvalue weighted by Gasteiger charge is 2.35. The number of aromatic hydroxyl groups is 1. The lowest BCUT2D eigenvalue weighted by Gasteiger charge is -2.34. The Balaban J connectivity index is 0.000000491. The number of nitrogens with one attached hydrogen (secondary N) is 1. The predicted octanol–water partition coefficient (Wildman–Crippen LogP) is 5.27. The summed E-state index contributed by atoms with van der Waals surface area (Å²) in [5.74, 6) is 1.88. The summed E-state index contributed by atoms with van der Waals surface area (Å²) < 4.78 is 49.6. The van der Waals surface area contributed by atoms with Crippen LogP contribution in [-0.2, 0) is 0 Å². The molecule has 2 unspecified atom stereocenters. The minimum atomic E-state index is -2.98. The second-order valence-electron chi connectivity index (χ2n) is 11.3. The number of halogens is 3. The van der Waals surface area contributed by atoms with Crippen LogP contribution >= 0.6 is 0 Å². The smallest absolute Gasteiger partial charge is 0.318 e. The molecule has 11 heteroatoms. The number of alkyl halides is 2. The van der Waals surface area contributed by atoms with Gasteiger partial charge in [-0.2, -0.15) is 9.97 Å². The van der Waals surface area contributed by atoms with Crippen molar-refractivity contribution >= 4 is 27.6 Å². The summed E-state index contributed by atoms with van der Waals surface area (Å²) in [6, 6.07) is 5.79. The summed E-state index contributed by atoms with van der Waals surface area (Å²) in [4.78, 5) is 17.7. The second-order valence-corrected chi connectivity index (χ2v) is 11.3. The number of nitrogens with zero attached hydrogens (tertiary/aromatic N) is 5. The molecule has 3 aliphatic heterocycles. The van der Waals surface area contributed by atoms with Gasteiger partial charge in [0.2, 0.25) is 0 Å². The van der Waals surface area contributed by atoms with Crippen molar-refractivity contribution in [2.24, 2.45) is 0 Å². The molecule has 3 saturated heterocycles. The van der Waals surface area contributed by atoms with Gasteiger partial charge in [-0.15, -0.1) is 6.42 Å². The Morgan fingerprint density at radius 1 is 1.07 bits per heavy atom. The number of aromatic nitrogens is 3. The van der Waals surface area contributed by atoms with Gasteiger partial charge in [0, 0.05) is 42.3 Å². The van der Waals surface area contributed by atoms with Crippen LogP contribution in [0.25, 0.3) is 32.9 Å². The van der Waals surface area contributed by atoms with Gasteiger partial charge in [0.1, 0.15) is 22.6 Å². The number of phenols is 1. The number of likely N-dealkylation sites (tertiary alicyclic amines) is 1. The van der Waals surface area contributed by atoms with Crippen LogP contribution < -0.4 is 15.0 Å². The maximum absolute atomic E-state index is 14.8. The standard InChI is InChI=1S/C27H22F3N5O2.C5H11N/c1-3-17-20(28)7-4-13-8-16(36)9-18(21(13)17)19-10-31-24-23(22(19)25(29)30)33-27(37-2)34-26(24)35-11-14-5-6-15(12-35)32-14;1-6-4-2-3-5-6/h1,4,7-10,14-15,25,32,36H,5-6,11-12H2,2H3;2-5H2,1H3. The van der Waals surface area contributed by atoms with Crippen molar-refractivity contribution in [1.29, 1.82) is 0 Å². The van der Waals surface area contributed by atoms with E-state index in [1.165, 1.54) is 63.5 Å². The van der Waals surface area contributed by atoms with Gasteiger partial charge in [-0.25, -0.2) is 13.2 Å². The normalized spacial score (nSPS) is 20.0. The number of phenolic OH excluding ortho intramolecular Hbond substituents is 1. The van der Waals surface area contributed by atoms with Crippen LogP contribution in [0.1, 0.15) is 43.2 Å². The largest absolute Gasteiger partial charge is 0.508 e. The van der Waals surface area contributed by atoms with Gasteiger partial charge in [0.05, 0.1) is 18.2 Å². The fourth-order valence-electron chi connectivity index (χ4n) is 6.43. The Morgan fingerprint density at radius 3 is 2.40 bits per heavy atom. The molecule has 8 nitrogen and oxygen atoms in total. The highest BCUT2D eigenvalue weighted by atomic mass is 19.3. The van der Waals surface area contributed by atoms with Crippen LogP contribution in [0.4, 0.5) is 19.0 Å². The number of terminal acetylenes is 1. The molecular formula is C32H33F3N6O2. The Hall–Kier alpha value is -4.14. The van der Waals surface area contributed by atoms with E-state index >= 15 is 0 Å². The number of piperazine rings is 1. The molecule has 224 valence electrons. The molecule has 2 atom stereocenters. The van der Waals surface area contributed by atoms with E-state index in [1.54, 1.807) is 0 Å². The van der Waals surface area contributed by atoms with Crippen molar-refractivity contribution in [3.8, 4) is 35.2 Å². The number of rotatable bonds is 4. The van der Waals surface area contributed by atoms with Crippen LogP contribution in [-0.4, -0.2) is 77.4 Å². The molecule has 3 aliphatic rings. The van der Waals surface area contributed by atoms with Crippen LogP contribution in [0.15, 0.2) is 30.5 Å². The first-order chi connectivity index (χ1) is 20.8. The number of anilines is 1. The van der Waals surface area contributed by atoms with E-state index in [0.29, 0.717) is 24.3 Å². The van der Waals surface area contributed by atoms with Crippen molar-refractivity contribution in [1.82, 2.24) is 25.2 Å². The van der Waals surface area contributed by atoms with E-state index in [9.17, 15) is 18.3 Å². The predicted molar refractivity (Wildman–Crippen MR) is 160 cm³/mol. The van der Waals surface area contributed by atoms with Crippen LogP contribution in [0.2, 0.25) is 0 Å². The van der Waals surface area contributed by atoms with E-state index < -0.39 is 17.8 Å². The highest BCUT2D eigenvalue weighted by Crippen LogP contribution is 2.43. The molecule has 0 spiro atoms. The molecule has 0 aliphatic carbocycles. The molecule has 0 amide bonds. The average Bonchev–Trinajstić information content (AvgIpc) is 3.62. The van der Waals surface area contributed by atoms with Crippen LogP contribution in [0.5, 0.6) is 11.8 Å². The van der Waals surface area contributed by atoms with E-state index in [1.807, 2.05) is 4.90 Å². The zero-order valence-electron chi connectivity index (χ0n) is 24.1. The fourth-order valence-corrected chi connectivity index (χ4v) is 6.43. The molecule has 2 aromatic heterocycles. The van der Waals surface area contributed by atoms with Gasteiger partial charge in [0.25, 0.3) is 6.43 Å². The fraction of sp³-hybridized carbons (Fsp3) is 0.406. The molecule has 0 saturated carbocycles. The lowest BCUT2D eigenvalue weighted by molar-refractivity contribution is 0.153. The molecule has 2 bridgehead atoms. The Labute approximate surface area is 247 Å². The molecule has 3 fully saturated rings. The number of fused-ring (bicyclic) bond motifs is 4. The lowest BCUT2D eigenvalue weighted by Crippen LogP contribution is -2.51. The molecule has 7 rings (SSSR count). The summed E-state index contributed by atoms with van der Waals surface area (Å²) in [6.45, 7) is 3.95. The average molecular weight is 591 g/mol. The summed E-state index contributed by atoms with van der Waals surface area (Å²) in [5, 5.41) is 14.6. The number of hydrogen-bond donors (Lipinski definition) is 2. The number of benzene rings is 2. The van der Waals surface area contributed by atoms with Gasteiger partial charge in [-0.3, -0.25) is 4.98 Å². The minimum Gasteiger partial charge on any atom is -0.508 e. The molecule has 2 N–H and O–H groups in total. The van der Waals surface area contributed by atoms with E-state index in [4.69, 9.17) is 11.2 Å². The molecule has 43 heavy (non-hydrogen) atoms. The van der Waals surface area contributed by atoms with E-state index in [0.717, 1.165) is 12.8 Å². The van der Waals surface area contributed by atoms with Crippen molar-refractivity contribution in [3.63, 3.8) is 0 Å². The monoisotopic (exact) mass is 590 g/mol. The quantitative estimate of drug-likeness (QED) is 0.311. The summed E-state index contributed by atoms with van der Waals surface area (Å²) in [5.41, 5.74) is -0.261. The van der Waals surface area contributed by atoms with Crippen molar-refractivity contribution < 1.29 is 23.0 Å². The van der Waals surface area contributed by atoms with Crippen molar-refractivity contribution in [2.45, 2.75) is 44.2 Å². The molecule has 4 aromatic rings. The van der Waals surface area contributed by atoms with Gasteiger partial charge < -0.3 is 25.0 Å². The maximum atomic E-state index is 14.8. The van der Waals surface area contributed by atoms with Gasteiger partial charge in [-0.05, 0) is 75.0 Å². The maximum Gasteiger partial charge on any atom is 0.318 e. The number of methoxy groups -OCH3 is 1. The minimum absolute atomic E-state index is 0.0161. The first-order valence-corrected chi connectivity index (χ1v) is 14.4. The van der Waals surface area contributed by atoms with E-state index in [-0.39, 0.29) is 57.0 Å². The van der Waals surface area contributed by atoms with Gasteiger partial charge in [-0.1, -0.05) is 12.0 Å². The Bertz CT molecular complexity index is 1710. The van der Waals surface area contributed by atoms with Crippen LogP contribution in [0.3, 0.4) is 0 Å². The summed E-state index contributed by atoms with van der Waals surface area (Å²) >= 11 is 0. The van der Waals surface area contributed by atoms with Gasteiger partial charge >= 0.3 is 6.01 Å². The zero-order valence-corrected chi connectivity index (χ0v) is 24.1. The van der Waals surface area contributed by atoms with Gasteiger partial charge in [0.15, 0.2) is 5.82 Å². The Morgan fingerprint density at radius 2 is 1.79 bits per heavy atom. The van der Waals surface area contributed by atoms with Crippen LogP contribution in [0, 0.1) is 18.2 Å². The SMILES string of the molecule is C#Cc1c(F)ccc2cc(O)cc(-c3cnc4c(N5CC6CCC(C5)N6)nc(OC)nc4c3C(F)F)c12.CN1CCCC1. The molecular weight excluding hydrogens is 557 g/mol. The van der Waals surface area contributed by atoms with E-state index in [2.05, 4.69) is 38.1 Å². The number of pyridine rings is 1. The highest BCUT2D eigenvalue weighted by molar-refractivity contribution is 6.04. The second kappa shape index (κ2) is 11.9. The summed E-state index contributed by atoms with van der Waals surface area (Å²) in [6.07, 6.45) is 8.79. The third kappa shape index (κ3) is 5.53. The lowest BCUT2D eigenvalue weighted by atomic mass is 9.92.